The highest BCUT2D eigenvalue weighted by molar-refractivity contribution is 6.11. The summed E-state index contributed by atoms with van der Waals surface area (Å²) in [6.45, 7) is 8.11. The van der Waals surface area contributed by atoms with Crippen LogP contribution in [0.2, 0.25) is 0 Å². The van der Waals surface area contributed by atoms with Crippen molar-refractivity contribution in [3.63, 3.8) is 0 Å². The molecule has 5 rings (SSSR count). The largest absolute Gasteiger partial charge is 0.399 e. The topological polar surface area (TPSA) is 158 Å². The summed E-state index contributed by atoms with van der Waals surface area (Å²) in [6.07, 6.45) is 16.3. The van der Waals surface area contributed by atoms with Gasteiger partial charge in [-0.05, 0) is 132 Å². The van der Waals surface area contributed by atoms with Crippen LogP contribution in [0.5, 0.6) is 0 Å². The molecule has 12 heteroatoms. The Kier molecular flexibility index (Phi) is 17.7. The first-order valence-corrected chi connectivity index (χ1v) is 17.9. The summed E-state index contributed by atoms with van der Waals surface area (Å²) in [7, 11) is 1.50. The monoisotopic (exact) mass is 719 g/mol. The lowest BCUT2D eigenvalue weighted by molar-refractivity contribution is -0.108. The van der Waals surface area contributed by atoms with Crippen molar-refractivity contribution in [2.24, 2.45) is 21.1 Å². The van der Waals surface area contributed by atoms with E-state index in [-0.39, 0.29) is 30.1 Å². The Hall–Kier alpha value is -4.36. The number of anilines is 1. The lowest BCUT2D eigenvalue weighted by Crippen LogP contribution is -2.61. The number of aliphatic hydroxyl groups excluding tert-OH is 1. The molecule has 2 aliphatic carbocycles. The zero-order valence-electron chi connectivity index (χ0n) is 30.2. The maximum Gasteiger partial charge on any atom is 0.211 e. The molecule has 1 aliphatic heterocycles. The molecule has 2 aromatic rings. The molecule has 282 valence electrons. The number of allylic oxidation sites excluding steroid dienone is 3. The quantitative estimate of drug-likeness (QED) is 0.0683. The van der Waals surface area contributed by atoms with E-state index in [1.807, 2.05) is 37.1 Å². The molecule has 52 heavy (non-hydrogen) atoms. The smallest absolute Gasteiger partial charge is 0.211 e. The van der Waals surface area contributed by atoms with Crippen molar-refractivity contribution < 1.29 is 23.5 Å². The van der Waals surface area contributed by atoms with Crippen molar-refractivity contribution in [3.05, 3.63) is 95.4 Å². The van der Waals surface area contributed by atoms with E-state index in [1.165, 1.54) is 45.0 Å². The molecule has 3 aliphatic rings. The number of nitrogen functional groups attached to an aromatic ring is 1. The number of nitrogens with one attached hydrogen (secondary N) is 2. The minimum atomic E-state index is -0.584. The number of hydrogen-bond acceptors (Lipinski definition) is 9. The Morgan fingerprint density at radius 2 is 1.83 bits per heavy atom. The Balaban J connectivity index is 0.00000176. The Morgan fingerprint density at radius 1 is 1.10 bits per heavy atom. The number of nitrogens with zero attached hydrogens (tertiary/aromatic N) is 3. The number of aliphatic imine (C=N–C) groups is 2. The predicted octanol–water partition coefficient (Wildman–Crippen LogP) is 5.29. The summed E-state index contributed by atoms with van der Waals surface area (Å²) < 4.78 is 29.7. The fourth-order valence-electron chi connectivity index (χ4n) is 7.69. The maximum absolute atomic E-state index is 15.2. The second-order valence-corrected chi connectivity index (χ2v) is 13.4. The molecule has 1 atom stereocenters. The average Bonchev–Trinajstić information content (AvgIpc) is 3.12. The van der Waals surface area contributed by atoms with Crippen LogP contribution in [0.15, 0.2) is 82.8 Å². The third-order valence-corrected chi connectivity index (χ3v) is 10.1. The fraction of sp³-hybridized carbons (Fsp3) is 0.450. The number of benzene rings is 2. The molecule has 1 saturated heterocycles. The van der Waals surface area contributed by atoms with E-state index in [0.29, 0.717) is 48.0 Å². The van der Waals surface area contributed by atoms with Crippen LogP contribution in [0.4, 0.5) is 14.5 Å². The summed E-state index contributed by atoms with van der Waals surface area (Å²) >= 11 is 0. The highest BCUT2D eigenvalue weighted by Gasteiger charge is 2.54. The number of rotatable bonds is 16. The minimum Gasteiger partial charge on any atom is -0.399 e. The second-order valence-electron chi connectivity index (χ2n) is 13.4. The molecule has 1 amide bonds. The number of carbonyl (C=O) groups is 2. The van der Waals surface area contributed by atoms with E-state index in [2.05, 4.69) is 33.0 Å². The van der Waals surface area contributed by atoms with Gasteiger partial charge >= 0.3 is 0 Å². The lowest BCUT2D eigenvalue weighted by atomic mass is 9.51. The molecule has 1 unspecified atom stereocenters. The van der Waals surface area contributed by atoms with E-state index in [1.54, 1.807) is 24.3 Å². The van der Waals surface area contributed by atoms with Gasteiger partial charge in [0.1, 0.15) is 18.3 Å². The van der Waals surface area contributed by atoms with Crippen molar-refractivity contribution >= 4 is 37.4 Å². The Labute approximate surface area is 306 Å². The van der Waals surface area contributed by atoms with Crippen LogP contribution < -0.4 is 22.1 Å². The molecule has 10 nitrogen and oxygen atoms in total. The van der Waals surface area contributed by atoms with Crippen LogP contribution >= 0.6 is 0 Å². The molecular weight excluding hydrogens is 664 g/mol. The van der Waals surface area contributed by atoms with Crippen molar-refractivity contribution in [3.8, 4) is 0 Å². The van der Waals surface area contributed by atoms with Gasteiger partial charge in [-0.25, -0.2) is 8.78 Å². The van der Waals surface area contributed by atoms with E-state index in [9.17, 15) is 14.3 Å². The van der Waals surface area contributed by atoms with E-state index in [0.717, 1.165) is 49.8 Å². The van der Waals surface area contributed by atoms with Gasteiger partial charge in [0, 0.05) is 36.1 Å². The minimum absolute atomic E-state index is 0.0451. The lowest BCUT2D eigenvalue weighted by Gasteiger charge is -2.61. The highest BCUT2D eigenvalue weighted by Crippen LogP contribution is 2.57. The molecule has 0 radical (unpaired) electrons. The first-order chi connectivity index (χ1) is 25.3. The molecule has 2 saturated carbocycles. The number of aliphatic hydroxyl groups is 1. The molecule has 3 fully saturated rings. The SMILES string of the molecule is C=N/C=C(/F)C(=NC(CCO)CCNC1CC2(C1)CC(N1CCC(c3ccc(N)cc3F)CC1)C2)c1cccc(/C=C\C=C/NC=O)c1.C=O.CN. The Bertz CT molecular complexity index is 1540. The summed E-state index contributed by atoms with van der Waals surface area (Å²) in [4.78, 5) is 29.4. The number of hydrogen-bond donors (Lipinski definition) is 5. The average molecular weight is 720 g/mol. The normalized spacial score (nSPS) is 22.8. The van der Waals surface area contributed by atoms with E-state index in [4.69, 9.17) is 15.5 Å². The second kappa shape index (κ2) is 21.9. The van der Waals surface area contributed by atoms with Crippen LogP contribution in [0.3, 0.4) is 0 Å². The van der Waals surface area contributed by atoms with Gasteiger partial charge in [-0.2, -0.15) is 0 Å². The van der Waals surface area contributed by atoms with Crippen LogP contribution in [-0.2, 0) is 9.59 Å². The number of piperidine rings is 1. The van der Waals surface area contributed by atoms with Crippen molar-refractivity contribution in [1.82, 2.24) is 15.5 Å². The number of likely N-dealkylation sites (tertiary alicyclic amines) is 1. The first kappa shape index (κ1) is 42.1. The van der Waals surface area contributed by atoms with Crippen LogP contribution in [0.1, 0.15) is 74.0 Å². The summed E-state index contributed by atoms with van der Waals surface area (Å²) in [6, 6.07) is 13.3. The van der Waals surface area contributed by atoms with Crippen molar-refractivity contribution in [1.29, 1.82) is 0 Å². The van der Waals surface area contributed by atoms with Gasteiger partial charge in [0.2, 0.25) is 6.41 Å². The van der Waals surface area contributed by atoms with Crippen molar-refractivity contribution in [2.75, 3.05) is 39.0 Å². The molecule has 1 heterocycles. The third-order valence-electron chi connectivity index (χ3n) is 10.1. The number of amides is 1. The molecule has 0 aromatic heterocycles. The molecule has 2 aromatic carbocycles. The summed E-state index contributed by atoms with van der Waals surface area (Å²) in [5.41, 5.74) is 13.6. The summed E-state index contributed by atoms with van der Waals surface area (Å²) in [5.74, 6) is -0.496. The van der Waals surface area contributed by atoms with E-state index >= 15 is 4.39 Å². The predicted molar refractivity (Wildman–Crippen MR) is 207 cm³/mol. The van der Waals surface area contributed by atoms with Gasteiger partial charge < -0.3 is 36.9 Å². The standard InChI is InChI=1S/C38H48F2N6O2.CH5N.CH2O/c1-42-25-36(40)37(29-7-4-6-27(19-29)5-2-3-14-43-26-48)45-31(13-18-47)10-15-44-32-21-38(22-32)23-33(24-38)46-16-11-28(12-17-46)34-9-8-30(41)20-35(34)39;2*1-2/h2-9,14,19-20,25-26,28,31-33,44,47H,1,10-13,15-18,21-24,41H2,(H,43,48);2H2,1H3;1H2/b5-2-,14-3-,36-25+,45-37?;;. The highest BCUT2D eigenvalue weighted by atomic mass is 19.1. The first-order valence-electron chi connectivity index (χ1n) is 17.9. The van der Waals surface area contributed by atoms with Crippen LogP contribution in [0.25, 0.3) is 6.08 Å². The van der Waals surface area contributed by atoms with Gasteiger partial charge in [0.15, 0.2) is 5.83 Å². The molecule has 7 N–H and O–H groups in total. The van der Waals surface area contributed by atoms with Gasteiger partial charge in [-0.3, -0.25) is 14.8 Å². The van der Waals surface area contributed by atoms with Crippen LogP contribution in [0, 0.1) is 11.2 Å². The fourth-order valence-corrected chi connectivity index (χ4v) is 7.69. The van der Waals surface area contributed by atoms with Gasteiger partial charge in [-0.1, -0.05) is 36.4 Å². The maximum atomic E-state index is 15.2. The van der Waals surface area contributed by atoms with Crippen molar-refractivity contribution in [2.45, 2.75) is 75.4 Å². The molecule has 1 spiro atoms. The molecular formula is C40H55F2N7O3. The van der Waals surface area contributed by atoms with E-state index < -0.39 is 5.83 Å². The Morgan fingerprint density at radius 3 is 2.48 bits per heavy atom. The zero-order valence-corrected chi connectivity index (χ0v) is 30.2. The van der Waals surface area contributed by atoms with Gasteiger partial charge in [0.25, 0.3) is 0 Å². The number of halogens is 2. The third kappa shape index (κ3) is 11.8. The summed E-state index contributed by atoms with van der Waals surface area (Å²) in [5, 5.41) is 15.9. The number of nitrogens with two attached hydrogens (primary N) is 2. The zero-order chi connectivity index (χ0) is 37.9. The van der Waals surface area contributed by atoms with Gasteiger partial charge in [-0.15, -0.1) is 0 Å². The number of carbonyl (C=O) groups excluding carboxylic acids is 2. The van der Waals surface area contributed by atoms with Crippen LogP contribution in [-0.4, -0.2) is 87.0 Å². The van der Waals surface area contributed by atoms with Gasteiger partial charge in [0.05, 0.1) is 12.2 Å². The molecule has 0 bridgehead atoms.